The van der Waals surface area contributed by atoms with Gasteiger partial charge in [-0.2, -0.15) is 0 Å². The number of carbonyl (C=O) groups is 1. The molecule has 1 N–H and O–H groups in total. The topological polar surface area (TPSA) is 50.8 Å². The monoisotopic (exact) mass is 514 g/mol. The first-order valence-electron chi connectivity index (χ1n) is 11.9. The van der Waals surface area contributed by atoms with Gasteiger partial charge in [0.1, 0.15) is 12.4 Å². The van der Waals surface area contributed by atoms with Crippen LogP contribution >= 0.6 is 15.9 Å². The maximum Gasteiger partial charge on any atom is 0.224 e. The van der Waals surface area contributed by atoms with E-state index in [0.29, 0.717) is 31.7 Å². The summed E-state index contributed by atoms with van der Waals surface area (Å²) in [5.41, 5.74) is 4.95. The van der Waals surface area contributed by atoms with Crippen molar-refractivity contribution in [1.29, 1.82) is 0 Å². The zero-order valence-corrected chi connectivity index (χ0v) is 21.5. The lowest BCUT2D eigenvalue weighted by atomic mass is 9.95. The highest BCUT2D eigenvalue weighted by Crippen LogP contribution is 2.38. The van der Waals surface area contributed by atoms with Gasteiger partial charge in [0.2, 0.25) is 5.91 Å². The SMILES string of the molecule is COCCOc1ccc(CN2C3CCC2CC(NC(=O)Cc2cccc(Br)c2)C3)c(C)c1C. The average Bonchev–Trinajstić information content (AvgIpc) is 3.00. The van der Waals surface area contributed by atoms with Crippen molar-refractivity contribution in [1.82, 2.24) is 10.2 Å². The molecule has 33 heavy (non-hydrogen) atoms. The molecular formula is C27H35BrN2O3. The van der Waals surface area contributed by atoms with Gasteiger partial charge in [-0.25, -0.2) is 0 Å². The highest BCUT2D eigenvalue weighted by atomic mass is 79.9. The lowest BCUT2D eigenvalue weighted by Crippen LogP contribution is -2.50. The number of nitrogens with zero attached hydrogens (tertiary/aromatic N) is 1. The van der Waals surface area contributed by atoms with E-state index in [0.717, 1.165) is 35.2 Å². The van der Waals surface area contributed by atoms with Gasteiger partial charge in [-0.3, -0.25) is 9.69 Å². The summed E-state index contributed by atoms with van der Waals surface area (Å²) in [7, 11) is 1.69. The Hall–Kier alpha value is -1.89. The molecule has 5 nitrogen and oxygen atoms in total. The van der Waals surface area contributed by atoms with Crippen molar-refractivity contribution in [2.75, 3.05) is 20.3 Å². The molecule has 0 radical (unpaired) electrons. The van der Waals surface area contributed by atoms with Gasteiger partial charge in [0.25, 0.3) is 0 Å². The minimum absolute atomic E-state index is 0.126. The number of halogens is 1. The lowest BCUT2D eigenvalue weighted by molar-refractivity contribution is -0.121. The summed E-state index contributed by atoms with van der Waals surface area (Å²) in [6.45, 7) is 6.48. The Labute approximate surface area is 206 Å². The van der Waals surface area contributed by atoms with E-state index in [1.807, 2.05) is 24.3 Å². The molecular weight excluding hydrogens is 480 g/mol. The maximum atomic E-state index is 12.6. The van der Waals surface area contributed by atoms with E-state index in [9.17, 15) is 4.79 Å². The molecule has 2 aliphatic rings. The van der Waals surface area contributed by atoms with Crippen LogP contribution in [0.15, 0.2) is 40.9 Å². The first-order valence-corrected chi connectivity index (χ1v) is 12.7. The Bertz CT molecular complexity index is 966. The number of benzene rings is 2. The predicted octanol–water partition coefficient (Wildman–Crippen LogP) is 4.95. The largest absolute Gasteiger partial charge is 0.491 e. The van der Waals surface area contributed by atoms with Gasteiger partial charge in [0.05, 0.1) is 13.0 Å². The molecule has 6 heteroatoms. The molecule has 178 valence electrons. The Kier molecular flexibility index (Phi) is 8.10. The van der Waals surface area contributed by atoms with Crippen LogP contribution in [0.2, 0.25) is 0 Å². The fourth-order valence-electron chi connectivity index (χ4n) is 5.37. The van der Waals surface area contributed by atoms with Crippen molar-refractivity contribution < 1.29 is 14.3 Å². The quantitative estimate of drug-likeness (QED) is 0.481. The van der Waals surface area contributed by atoms with Gasteiger partial charge < -0.3 is 14.8 Å². The van der Waals surface area contributed by atoms with Crippen LogP contribution in [0.4, 0.5) is 0 Å². The number of methoxy groups -OCH3 is 1. The minimum Gasteiger partial charge on any atom is -0.491 e. The molecule has 1 amide bonds. The average molecular weight is 515 g/mol. The minimum atomic E-state index is 0.126. The summed E-state index contributed by atoms with van der Waals surface area (Å²) >= 11 is 3.49. The smallest absolute Gasteiger partial charge is 0.224 e. The standard InChI is InChI=1S/C27H35BrN2O3/c1-18-19(2)26(33-12-11-32-3)10-7-21(18)17-30-24-8-9-25(30)16-23(15-24)29-27(31)14-20-5-4-6-22(28)13-20/h4-7,10,13,23-25H,8-9,11-12,14-17H2,1-3H3,(H,29,31). The molecule has 2 bridgehead atoms. The van der Waals surface area contributed by atoms with E-state index in [2.05, 4.69) is 52.1 Å². The number of nitrogens with one attached hydrogen (secondary N) is 1. The number of hydrogen-bond acceptors (Lipinski definition) is 4. The number of fused-ring (bicyclic) bond motifs is 2. The molecule has 0 saturated carbocycles. The molecule has 0 aliphatic carbocycles. The van der Waals surface area contributed by atoms with Crippen LogP contribution in [0.25, 0.3) is 0 Å². The van der Waals surface area contributed by atoms with Gasteiger partial charge in [-0.05, 0) is 80.0 Å². The first-order chi connectivity index (χ1) is 15.9. The summed E-state index contributed by atoms with van der Waals surface area (Å²) in [6, 6.07) is 13.7. The summed E-state index contributed by atoms with van der Waals surface area (Å²) in [6.07, 6.45) is 4.96. The van der Waals surface area contributed by atoms with Crippen LogP contribution in [0.5, 0.6) is 5.75 Å². The van der Waals surface area contributed by atoms with Crippen LogP contribution in [-0.4, -0.2) is 49.3 Å². The van der Waals surface area contributed by atoms with Crippen molar-refractivity contribution >= 4 is 21.8 Å². The zero-order chi connectivity index (χ0) is 23.4. The Balaban J connectivity index is 1.34. The molecule has 2 aromatic rings. The molecule has 2 unspecified atom stereocenters. The molecule has 2 aromatic carbocycles. The van der Waals surface area contributed by atoms with Crippen molar-refractivity contribution in [3.8, 4) is 5.75 Å². The predicted molar refractivity (Wildman–Crippen MR) is 135 cm³/mol. The van der Waals surface area contributed by atoms with Crippen molar-refractivity contribution in [2.45, 2.75) is 70.6 Å². The third-order valence-corrected chi connectivity index (χ3v) is 7.74. The second-order valence-electron chi connectivity index (χ2n) is 9.41. The van der Waals surface area contributed by atoms with E-state index in [1.165, 1.54) is 29.5 Å². The Morgan fingerprint density at radius 2 is 1.85 bits per heavy atom. The van der Waals surface area contributed by atoms with E-state index >= 15 is 0 Å². The van der Waals surface area contributed by atoms with Crippen LogP contribution in [0.1, 0.15) is 47.9 Å². The van der Waals surface area contributed by atoms with Gasteiger partial charge in [0, 0.05) is 36.3 Å². The summed E-state index contributed by atoms with van der Waals surface area (Å²) in [5, 5.41) is 3.32. The number of amides is 1. The van der Waals surface area contributed by atoms with E-state index in [4.69, 9.17) is 9.47 Å². The molecule has 2 aliphatic heterocycles. The maximum absolute atomic E-state index is 12.6. The summed E-state index contributed by atoms with van der Waals surface area (Å²) in [4.78, 5) is 15.3. The Morgan fingerprint density at radius 1 is 1.09 bits per heavy atom. The van der Waals surface area contributed by atoms with Crippen molar-refractivity contribution in [3.63, 3.8) is 0 Å². The number of piperidine rings is 1. The molecule has 2 saturated heterocycles. The number of rotatable bonds is 9. The normalized spacial score (nSPS) is 22.4. The molecule has 0 aromatic heterocycles. The van der Waals surface area contributed by atoms with E-state index in [-0.39, 0.29) is 11.9 Å². The fourth-order valence-corrected chi connectivity index (χ4v) is 5.82. The number of ether oxygens (including phenoxy) is 2. The Morgan fingerprint density at radius 3 is 2.55 bits per heavy atom. The van der Waals surface area contributed by atoms with Gasteiger partial charge in [0.15, 0.2) is 0 Å². The lowest BCUT2D eigenvalue weighted by Gasteiger charge is -2.39. The van der Waals surface area contributed by atoms with E-state index in [1.54, 1.807) is 7.11 Å². The van der Waals surface area contributed by atoms with Crippen molar-refractivity contribution in [3.05, 3.63) is 63.1 Å². The van der Waals surface area contributed by atoms with Gasteiger partial charge >= 0.3 is 0 Å². The number of carbonyl (C=O) groups excluding carboxylic acids is 1. The van der Waals surface area contributed by atoms with Gasteiger partial charge in [-0.15, -0.1) is 0 Å². The van der Waals surface area contributed by atoms with Gasteiger partial charge in [-0.1, -0.05) is 34.1 Å². The first kappa shape index (κ1) is 24.2. The van der Waals surface area contributed by atoms with Crippen molar-refractivity contribution in [2.24, 2.45) is 0 Å². The third kappa shape index (κ3) is 5.97. The van der Waals surface area contributed by atoms with Crippen LogP contribution in [0.3, 0.4) is 0 Å². The second kappa shape index (κ2) is 11.0. The van der Waals surface area contributed by atoms with Crippen LogP contribution in [-0.2, 0) is 22.5 Å². The highest BCUT2D eigenvalue weighted by Gasteiger charge is 2.41. The molecule has 2 fully saturated rings. The number of hydrogen-bond donors (Lipinski definition) is 1. The molecule has 0 spiro atoms. The summed E-state index contributed by atoms with van der Waals surface area (Å²) in [5.74, 6) is 1.07. The fraction of sp³-hybridized carbons (Fsp3) is 0.519. The third-order valence-electron chi connectivity index (χ3n) is 7.25. The second-order valence-corrected chi connectivity index (χ2v) is 10.3. The van der Waals surface area contributed by atoms with Crippen LogP contribution < -0.4 is 10.1 Å². The molecule has 2 heterocycles. The zero-order valence-electron chi connectivity index (χ0n) is 19.9. The summed E-state index contributed by atoms with van der Waals surface area (Å²) < 4.78 is 12.0. The molecule has 4 rings (SSSR count). The van der Waals surface area contributed by atoms with E-state index < -0.39 is 0 Å². The molecule has 2 atom stereocenters. The van der Waals surface area contributed by atoms with Crippen LogP contribution in [0, 0.1) is 13.8 Å². The highest BCUT2D eigenvalue weighted by molar-refractivity contribution is 9.10.